The minimum absolute atomic E-state index is 0.0476. The van der Waals surface area contributed by atoms with E-state index in [-0.39, 0.29) is 18.9 Å². The maximum atomic E-state index is 12.5. The zero-order chi connectivity index (χ0) is 17.7. The van der Waals surface area contributed by atoms with Crippen molar-refractivity contribution in [2.45, 2.75) is 56.4 Å². The summed E-state index contributed by atoms with van der Waals surface area (Å²) in [5, 5.41) is -0.888. The third-order valence-electron chi connectivity index (χ3n) is 5.01. The van der Waals surface area contributed by atoms with Crippen LogP contribution in [0.1, 0.15) is 38.3 Å². The molecule has 0 unspecified atom stereocenters. The number of esters is 1. The Bertz CT molecular complexity index is 782. The van der Waals surface area contributed by atoms with E-state index in [0.29, 0.717) is 0 Å². The van der Waals surface area contributed by atoms with Crippen LogP contribution in [0, 0.1) is 0 Å². The van der Waals surface area contributed by atoms with Crippen molar-refractivity contribution in [2.75, 3.05) is 0 Å². The molecule has 3 rings (SSSR count). The lowest BCUT2D eigenvalue weighted by Crippen LogP contribution is -2.57. The van der Waals surface area contributed by atoms with Crippen LogP contribution in [0.2, 0.25) is 0 Å². The third-order valence-corrected chi connectivity index (χ3v) is 7.81. The van der Waals surface area contributed by atoms with Crippen molar-refractivity contribution in [2.24, 2.45) is 0 Å². The lowest BCUT2D eigenvalue weighted by molar-refractivity contribution is -0.162. The molecule has 2 fully saturated rings. The lowest BCUT2D eigenvalue weighted by atomic mass is 9.98. The molecule has 1 aromatic carbocycles. The van der Waals surface area contributed by atoms with Crippen LogP contribution in [0.3, 0.4) is 0 Å². The van der Waals surface area contributed by atoms with Gasteiger partial charge in [-0.1, -0.05) is 31.2 Å². The Labute approximate surface area is 141 Å². The molecular formula is C17H21NO5S. The van der Waals surface area contributed by atoms with Crippen LogP contribution >= 0.6 is 0 Å². The normalized spacial score (nSPS) is 26.6. The first-order valence-corrected chi connectivity index (χ1v) is 9.54. The van der Waals surface area contributed by atoms with Crippen LogP contribution in [0.4, 0.5) is 0 Å². The topological polar surface area (TPSA) is 80.8 Å². The molecule has 0 aromatic heterocycles. The molecule has 130 valence electrons. The minimum Gasteiger partial charge on any atom is -0.459 e. The molecule has 0 spiro atoms. The summed E-state index contributed by atoms with van der Waals surface area (Å²) in [6.07, 6.45) is 0.876. The van der Waals surface area contributed by atoms with Gasteiger partial charge in [0.25, 0.3) is 0 Å². The molecule has 7 heteroatoms. The fourth-order valence-electron chi connectivity index (χ4n) is 3.31. The molecule has 2 aliphatic rings. The summed E-state index contributed by atoms with van der Waals surface area (Å²) in [6, 6.07) is 6.59. The fraction of sp³-hybridized carbons (Fsp3) is 0.529. The van der Waals surface area contributed by atoms with E-state index in [0.717, 1.165) is 16.9 Å². The Kier molecular flexibility index (Phi) is 3.94. The van der Waals surface area contributed by atoms with Crippen LogP contribution < -0.4 is 0 Å². The van der Waals surface area contributed by atoms with Crippen molar-refractivity contribution in [3.63, 3.8) is 0 Å². The molecule has 0 N–H and O–H groups in total. The Morgan fingerprint density at radius 2 is 1.83 bits per heavy atom. The molecule has 0 aliphatic carbocycles. The van der Waals surface area contributed by atoms with Crippen LogP contribution in [0.5, 0.6) is 0 Å². The van der Waals surface area contributed by atoms with Crippen LogP contribution in [0.25, 0.3) is 0 Å². The molecule has 24 heavy (non-hydrogen) atoms. The van der Waals surface area contributed by atoms with Gasteiger partial charge in [-0.3, -0.25) is 4.79 Å². The predicted octanol–water partition coefficient (Wildman–Crippen LogP) is 1.43. The summed E-state index contributed by atoms with van der Waals surface area (Å²) in [7, 11) is -3.58. The van der Waals surface area contributed by atoms with Gasteiger partial charge >= 0.3 is 5.97 Å². The molecule has 2 aliphatic heterocycles. The molecular weight excluding hydrogens is 330 g/mol. The number of hydrogen-bond acceptors (Lipinski definition) is 5. The van der Waals surface area contributed by atoms with E-state index < -0.39 is 32.0 Å². The van der Waals surface area contributed by atoms with Crippen molar-refractivity contribution in [3.8, 4) is 0 Å². The highest BCUT2D eigenvalue weighted by atomic mass is 32.2. The summed E-state index contributed by atoms with van der Waals surface area (Å²) in [6.45, 7) is 5.08. The second kappa shape index (κ2) is 5.58. The highest BCUT2D eigenvalue weighted by Crippen LogP contribution is 2.46. The average molecular weight is 351 g/mol. The van der Waals surface area contributed by atoms with Gasteiger partial charge in [-0.2, -0.15) is 0 Å². The van der Waals surface area contributed by atoms with Gasteiger partial charge in [0, 0.05) is 0 Å². The molecule has 2 saturated heterocycles. The maximum absolute atomic E-state index is 12.5. The van der Waals surface area contributed by atoms with Gasteiger partial charge in [-0.15, -0.1) is 0 Å². The van der Waals surface area contributed by atoms with Crippen molar-refractivity contribution in [1.82, 2.24) is 4.90 Å². The molecule has 6 nitrogen and oxygen atoms in total. The number of hydrogen-bond donors (Lipinski definition) is 0. The van der Waals surface area contributed by atoms with Crippen LogP contribution in [-0.4, -0.2) is 41.4 Å². The first-order chi connectivity index (χ1) is 11.2. The molecule has 1 amide bonds. The number of aryl methyl sites for hydroxylation is 1. The van der Waals surface area contributed by atoms with E-state index in [9.17, 15) is 18.0 Å². The Balaban J connectivity index is 1.75. The zero-order valence-corrected chi connectivity index (χ0v) is 14.8. The summed E-state index contributed by atoms with van der Waals surface area (Å²) < 4.78 is 28.9. The standard InChI is InChI=1S/C17H21NO5S/c1-4-11-5-7-12(8-6-11)10-23-16(20)15-17(2,3)24(21,22)14-9-13(19)18(14)15/h5-8,14-15H,4,9-10H2,1-3H3/t14-,15+/m1/s1. The number of nitrogens with zero attached hydrogens (tertiary/aromatic N) is 1. The fourth-order valence-corrected chi connectivity index (χ4v) is 5.44. The summed E-state index contributed by atoms with van der Waals surface area (Å²) in [4.78, 5) is 25.5. The number of carbonyl (C=O) groups excluding carboxylic acids is 2. The summed E-state index contributed by atoms with van der Waals surface area (Å²) in [5.41, 5.74) is 2.01. The largest absolute Gasteiger partial charge is 0.459 e. The van der Waals surface area contributed by atoms with E-state index in [1.807, 2.05) is 24.3 Å². The quantitative estimate of drug-likeness (QED) is 0.605. The molecule has 2 atom stereocenters. The number of β-lactam (4-membered cyclic amide) rings is 1. The first-order valence-electron chi connectivity index (χ1n) is 7.99. The second-order valence-electron chi connectivity index (χ2n) is 6.79. The third kappa shape index (κ3) is 2.33. The van der Waals surface area contributed by atoms with Gasteiger partial charge in [0.2, 0.25) is 5.91 Å². The van der Waals surface area contributed by atoms with Crippen molar-refractivity contribution in [3.05, 3.63) is 35.4 Å². The number of rotatable bonds is 4. The number of amides is 1. The predicted molar refractivity (Wildman–Crippen MR) is 87.7 cm³/mol. The van der Waals surface area contributed by atoms with Gasteiger partial charge in [0.15, 0.2) is 9.84 Å². The highest BCUT2D eigenvalue weighted by molar-refractivity contribution is 7.93. The van der Waals surface area contributed by atoms with E-state index in [1.54, 1.807) is 0 Å². The number of sulfone groups is 1. The van der Waals surface area contributed by atoms with E-state index in [2.05, 4.69) is 6.92 Å². The first kappa shape index (κ1) is 17.0. The van der Waals surface area contributed by atoms with Crippen molar-refractivity contribution >= 4 is 21.7 Å². The molecule has 0 saturated carbocycles. The monoisotopic (exact) mass is 351 g/mol. The smallest absolute Gasteiger partial charge is 0.330 e. The second-order valence-corrected chi connectivity index (χ2v) is 9.47. The van der Waals surface area contributed by atoms with E-state index in [1.165, 1.54) is 19.4 Å². The van der Waals surface area contributed by atoms with Gasteiger partial charge < -0.3 is 9.64 Å². The lowest BCUT2D eigenvalue weighted by Gasteiger charge is -2.36. The van der Waals surface area contributed by atoms with Gasteiger partial charge in [0.1, 0.15) is 18.0 Å². The summed E-state index contributed by atoms with van der Waals surface area (Å²) in [5.74, 6) is -0.984. The number of benzene rings is 1. The molecule has 0 radical (unpaired) electrons. The highest BCUT2D eigenvalue weighted by Gasteiger charge is 2.68. The van der Waals surface area contributed by atoms with Crippen molar-refractivity contribution in [1.29, 1.82) is 0 Å². The van der Waals surface area contributed by atoms with Crippen LogP contribution in [0.15, 0.2) is 24.3 Å². The average Bonchev–Trinajstić information content (AvgIpc) is 2.67. The van der Waals surface area contributed by atoms with Crippen molar-refractivity contribution < 1.29 is 22.7 Å². The number of fused-ring (bicyclic) bond motifs is 1. The Morgan fingerprint density at radius 1 is 1.25 bits per heavy atom. The summed E-state index contributed by atoms with van der Waals surface area (Å²) >= 11 is 0. The van der Waals surface area contributed by atoms with Crippen LogP contribution in [-0.2, 0) is 37.2 Å². The maximum Gasteiger partial charge on any atom is 0.330 e. The number of carbonyl (C=O) groups is 2. The molecule has 2 heterocycles. The SMILES string of the molecule is CCc1ccc(COC(=O)[C@@H]2N3C(=O)C[C@H]3S(=O)(=O)C2(C)C)cc1. The Hall–Kier alpha value is -1.89. The number of ether oxygens (including phenoxy) is 1. The molecule has 0 bridgehead atoms. The minimum atomic E-state index is -3.58. The zero-order valence-electron chi connectivity index (χ0n) is 14.0. The Morgan fingerprint density at radius 3 is 2.38 bits per heavy atom. The van der Waals surface area contributed by atoms with E-state index >= 15 is 0 Å². The van der Waals surface area contributed by atoms with Gasteiger partial charge in [0.05, 0.1) is 11.2 Å². The van der Waals surface area contributed by atoms with Gasteiger partial charge in [-0.25, -0.2) is 13.2 Å². The van der Waals surface area contributed by atoms with Gasteiger partial charge in [-0.05, 0) is 31.4 Å². The van der Waals surface area contributed by atoms with E-state index in [4.69, 9.17) is 4.74 Å². The molecule has 1 aromatic rings.